The summed E-state index contributed by atoms with van der Waals surface area (Å²) < 4.78 is 13.8. The molecule has 3 nitrogen and oxygen atoms in total. The van der Waals surface area contributed by atoms with Crippen LogP contribution in [0.15, 0.2) is 42.5 Å². The molecule has 0 spiro atoms. The molecule has 21 heavy (non-hydrogen) atoms. The van der Waals surface area contributed by atoms with Gasteiger partial charge in [-0.15, -0.1) is 0 Å². The van der Waals surface area contributed by atoms with Crippen molar-refractivity contribution in [2.75, 3.05) is 0 Å². The topological polar surface area (TPSA) is 55.1 Å². The number of hydrogen-bond acceptors (Lipinski definition) is 2. The Balaban J connectivity index is 2.11. The normalized spacial score (nSPS) is 12.1. The van der Waals surface area contributed by atoms with Crippen molar-refractivity contribution in [2.45, 2.75) is 26.4 Å². The van der Waals surface area contributed by atoms with Gasteiger partial charge in [-0.1, -0.05) is 24.3 Å². The van der Waals surface area contributed by atoms with Crippen LogP contribution in [0, 0.1) is 12.7 Å². The number of nitrogens with one attached hydrogen (secondary N) is 1. The number of benzene rings is 2. The molecule has 2 aromatic rings. The van der Waals surface area contributed by atoms with Crippen LogP contribution in [-0.4, -0.2) is 5.91 Å². The third kappa shape index (κ3) is 3.67. The fraction of sp³-hybridized carbons (Fsp3) is 0.235. The highest BCUT2D eigenvalue weighted by molar-refractivity contribution is 5.92. The summed E-state index contributed by atoms with van der Waals surface area (Å²) in [7, 11) is 0. The molecule has 0 fully saturated rings. The molecule has 0 saturated carbocycles. The summed E-state index contributed by atoms with van der Waals surface area (Å²) in [5.41, 5.74) is 8.33. The minimum atomic E-state index is -0.553. The Bertz CT molecular complexity index is 655. The van der Waals surface area contributed by atoms with Crippen LogP contribution in [0.25, 0.3) is 0 Å². The molecule has 0 saturated heterocycles. The van der Waals surface area contributed by atoms with E-state index >= 15 is 0 Å². The van der Waals surface area contributed by atoms with Crippen molar-refractivity contribution in [1.29, 1.82) is 0 Å². The quantitative estimate of drug-likeness (QED) is 0.887. The van der Waals surface area contributed by atoms with E-state index in [0.29, 0.717) is 17.7 Å². The maximum absolute atomic E-state index is 13.8. The SMILES string of the molecule is Cc1ccccc1C(C)NCc1cc(C(N)=O)ccc1F. The molecular formula is C17H19FN2O. The van der Waals surface area contributed by atoms with Gasteiger partial charge in [-0.2, -0.15) is 0 Å². The number of hydrogen-bond donors (Lipinski definition) is 2. The third-order valence-corrected chi connectivity index (χ3v) is 3.58. The lowest BCUT2D eigenvalue weighted by atomic mass is 10.0. The van der Waals surface area contributed by atoms with Crippen LogP contribution in [0.3, 0.4) is 0 Å². The molecule has 0 bridgehead atoms. The van der Waals surface area contributed by atoms with Gasteiger partial charge in [0.2, 0.25) is 5.91 Å². The minimum absolute atomic E-state index is 0.0860. The van der Waals surface area contributed by atoms with Crippen LogP contribution in [0.2, 0.25) is 0 Å². The van der Waals surface area contributed by atoms with Crippen LogP contribution in [0.4, 0.5) is 4.39 Å². The Kier molecular flexibility index (Phi) is 4.70. The largest absolute Gasteiger partial charge is 0.366 e. The van der Waals surface area contributed by atoms with Gasteiger partial charge in [-0.25, -0.2) is 4.39 Å². The maximum Gasteiger partial charge on any atom is 0.248 e. The van der Waals surface area contributed by atoms with Crippen LogP contribution in [-0.2, 0) is 6.54 Å². The molecule has 110 valence electrons. The zero-order valence-electron chi connectivity index (χ0n) is 12.2. The Morgan fingerprint density at radius 2 is 2.00 bits per heavy atom. The van der Waals surface area contributed by atoms with Crippen molar-refractivity contribution in [3.8, 4) is 0 Å². The van der Waals surface area contributed by atoms with Crippen LogP contribution in [0.1, 0.15) is 40.0 Å². The number of amides is 1. The van der Waals surface area contributed by atoms with Gasteiger partial charge in [0.1, 0.15) is 5.82 Å². The standard InChI is InChI=1S/C17H19FN2O/c1-11-5-3-4-6-15(11)12(2)20-10-14-9-13(17(19)21)7-8-16(14)18/h3-9,12,20H,10H2,1-2H3,(H2,19,21). The van der Waals surface area contributed by atoms with Crippen molar-refractivity contribution in [2.24, 2.45) is 5.73 Å². The zero-order valence-corrected chi connectivity index (χ0v) is 12.2. The second-order valence-electron chi connectivity index (χ2n) is 5.13. The molecule has 0 aliphatic carbocycles. The summed E-state index contributed by atoms with van der Waals surface area (Å²) in [5, 5.41) is 3.27. The molecular weight excluding hydrogens is 267 g/mol. The molecule has 0 radical (unpaired) electrons. The van der Waals surface area contributed by atoms with Crippen LogP contribution in [0.5, 0.6) is 0 Å². The van der Waals surface area contributed by atoms with Crippen LogP contribution >= 0.6 is 0 Å². The highest BCUT2D eigenvalue weighted by atomic mass is 19.1. The lowest BCUT2D eigenvalue weighted by Crippen LogP contribution is -2.20. The molecule has 3 N–H and O–H groups in total. The molecule has 0 aliphatic heterocycles. The van der Waals surface area contributed by atoms with E-state index in [-0.39, 0.29) is 11.9 Å². The second-order valence-corrected chi connectivity index (χ2v) is 5.13. The summed E-state index contributed by atoms with van der Waals surface area (Å²) in [5.74, 6) is -0.896. The summed E-state index contributed by atoms with van der Waals surface area (Å²) in [6, 6.07) is 12.3. The smallest absolute Gasteiger partial charge is 0.248 e. The second kappa shape index (κ2) is 6.50. The number of nitrogens with two attached hydrogens (primary N) is 1. The Labute approximate surface area is 124 Å². The monoisotopic (exact) mass is 286 g/mol. The summed E-state index contributed by atoms with van der Waals surface area (Å²) >= 11 is 0. The van der Waals surface area contributed by atoms with E-state index in [1.165, 1.54) is 29.3 Å². The van der Waals surface area contributed by atoms with Gasteiger partial charge in [-0.05, 0) is 43.2 Å². The molecule has 1 atom stereocenters. The van der Waals surface area contributed by atoms with Crippen molar-refractivity contribution >= 4 is 5.91 Å². The molecule has 2 aromatic carbocycles. The fourth-order valence-corrected chi connectivity index (χ4v) is 2.31. The Morgan fingerprint density at radius 3 is 2.67 bits per heavy atom. The van der Waals surface area contributed by atoms with E-state index in [4.69, 9.17) is 5.73 Å². The van der Waals surface area contributed by atoms with Crippen molar-refractivity contribution in [3.05, 3.63) is 70.5 Å². The Morgan fingerprint density at radius 1 is 1.29 bits per heavy atom. The molecule has 1 unspecified atom stereocenters. The van der Waals surface area contributed by atoms with E-state index in [1.54, 1.807) is 0 Å². The van der Waals surface area contributed by atoms with Gasteiger partial charge < -0.3 is 11.1 Å². The number of rotatable bonds is 5. The first-order chi connectivity index (χ1) is 9.99. The zero-order chi connectivity index (χ0) is 15.4. The van der Waals surface area contributed by atoms with Gasteiger partial charge in [0.05, 0.1) is 0 Å². The van der Waals surface area contributed by atoms with Crippen molar-refractivity contribution < 1.29 is 9.18 Å². The van der Waals surface area contributed by atoms with E-state index in [9.17, 15) is 9.18 Å². The first-order valence-electron chi connectivity index (χ1n) is 6.86. The Hall–Kier alpha value is -2.20. The summed E-state index contributed by atoms with van der Waals surface area (Å²) in [6.07, 6.45) is 0. The fourth-order valence-electron chi connectivity index (χ4n) is 2.31. The summed E-state index contributed by atoms with van der Waals surface area (Å²) in [4.78, 5) is 11.1. The van der Waals surface area contributed by atoms with Crippen molar-refractivity contribution in [3.63, 3.8) is 0 Å². The molecule has 0 aliphatic rings. The molecule has 1 amide bonds. The van der Waals surface area contributed by atoms with Crippen molar-refractivity contribution in [1.82, 2.24) is 5.32 Å². The maximum atomic E-state index is 13.8. The molecule has 0 aromatic heterocycles. The predicted octanol–water partition coefficient (Wildman–Crippen LogP) is 3.08. The third-order valence-electron chi connectivity index (χ3n) is 3.58. The number of primary amides is 1. The highest BCUT2D eigenvalue weighted by Gasteiger charge is 2.10. The van der Waals surface area contributed by atoms with Gasteiger partial charge in [0, 0.05) is 23.7 Å². The van der Waals surface area contributed by atoms with Gasteiger partial charge in [0.25, 0.3) is 0 Å². The molecule has 2 rings (SSSR count). The average Bonchev–Trinajstić information content (AvgIpc) is 2.46. The highest BCUT2D eigenvalue weighted by Crippen LogP contribution is 2.18. The predicted molar refractivity (Wildman–Crippen MR) is 81.4 cm³/mol. The number of halogens is 1. The molecule has 4 heteroatoms. The van der Waals surface area contributed by atoms with E-state index in [1.807, 2.05) is 38.1 Å². The molecule has 0 heterocycles. The van der Waals surface area contributed by atoms with E-state index in [2.05, 4.69) is 5.32 Å². The number of aryl methyl sites for hydroxylation is 1. The lowest BCUT2D eigenvalue weighted by Gasteiger charge is -2.17. The van der Waals surface area contributed by atoms with Gasteiger partial charge in [-0.3, -0.25) is 4.79 Å². The van der Waals surface area contributed by atoms with Gasteiger partial charge >= 0.3 is 0 Å². The van der Waals surface area contributed by atoms with E-state index in [0.717, 1.165) is 0 Å². The lowest BCUT2D eigenvalue weighted by molar-refractivity contribution is 0.1000. The number of carbonyl (C=O) groups is 1. The van der Waals surface area contributed by atoms with E-state index < -0.39 is 5.91 Å². The average molecular weight is 286 g/mol. The van der Waals surface area contributed by atoms with Gasteiger partial charge in [0.15, 0.2) is 0 Å². The first-order valence-corrected chi connectivity index (χ1v) is 6.86. The minimum Gasteiger partial charge on any atom is -0.366 e. The number of carbonyl (C=O) groups excluding carboxylic acids is 1. The van der Waals surface area contributed by atoms with Crippen LogP contribution < -0.4 is 11.1 Å². The first kappa shape index (κ1) is 15.2. The summed E-state index contributed by atoms with van der Waals surface area (Å²) in [6.45, 7) is 4.41.